The molecular formula is C19H20N2O5. The molecule has 3 N–H and O–H groups in total. The van der Waals surface area contributed by atoms with E-state index in [0.29, 0.717) is 22.6 Å². The van der Waals surface area contributed by atoms with E-state index in [0.717, 1.165) is 0 Å². The average Bonchev–Trinajstić information content (AvgIpc) is 2.60. The second kappa shape index (κ2) is 8.66. The molecule has 0 saturated heterocycles. The fourth-order valence-corrected chi connectivity index (χ4v) is 2.03. The van der Waals surface area contributed by atoms with Crippen molar-refractivity contribution in [3.8, 4) is 5.75 Å². The summed E-state index contributed by atoms with van der Waals surface area (Å²) < 4.78 is 10.4. The third-order valence-corrected chi connectivity index (χ3v) is 3.26. The Morgan fingerprint density at radius 3 is 2.08 bits per heavy atom. The molecule has 7 nitrogen and oxygen atoms in total. The molecule has 0 heterocycles. The molecule has 0 aromatic heterocycles. The Labute approximate surface area is 151 Å². The molecule has 0 bridgehead atoms. The van der Waals surface area contributed by atoms with Gasteiger partial charge in [0.1, 0.15) is 5.75 Å². The van der Waals surface area contributed by atoms with Gasteiger partial charge in [0.25, 0.3) is 5.91 Å². The van der Waals surface area contributed by atoms with Gasteiger partial charge in [0, 0.05) is 11.3 Å². The fourth-order valence-electron chi connectivity index (χ4n) is 2.03. The topological polar surface area (TPSA) is 108 Å². The number of nitrogens with one attached hydrogen (secondary N) is 1. The lowest BCUT2D eigenvalue weighted by atomic mass is 10.2. The van der Waals surface area contributed by atoms with Gasteiger partial charge in [-0.05, 0) is 62.4 Å². The van der Waals surface area contributed by atoms with Crippen molar-refractivity contribution in [3.05, 3.63) is 59.7 Å². The first-order chi connectivity index (χ1) is 12.3. The number of amides is 2. The van der Waals surface area contributed by atoms with Crippen LogP contribution in [-0.4, -0.2) is 30.5 Å². The molecule has 0 atom stereocenters. The first kappa shape index (κ1) is 19.0. The molecule has 0 saturated carbocycles. The molecule has 2 amide bonds. The van der Waals surface area contributed by atoms with Crippen LogP contribution in [0, 0.1) is 0 Å². The Hall–Kier alpha value is -3.35. The van der Waals surface area contributed by atoms with Crippen LogP contribution in [0.1, 0.15) is 34.6 Å². The van der Waals surface area contributed by atoms with Crippen LogP contribution >= 0.6 is 0 Å². The van der Waals surface area contributed by atoms with E-state index >= 15 is 0 Å². The summed E-state index contributed by atoms with van der Waals surface area (Å²) in [5.74, 6) is -0.867. The summed E-state index contributed by atoms with van der Waals surface area (Å²) in [6, 6.07) is 12.5. The molecule has 0 aliphatic heterocycles. The standard InChI is InChI=1S/C19H20N2O5/c1-12(2)26-19(24)14-3-7-15(8-4-14)21-17(22)11-25-16-9-5-13(6-10-16)18(20)23/h3-10,12H,11H2,1-2H3,(H2,20,23)(H,21,22). The summed E-state index contributed by atoms with van der Waals surface area (Å²) in [7, 11) is 0. The van der Waals surface area contributed by atoms with Gasteiger partial charge in [0.15, 0.2) is 6.61 Å². The van der Waals surface area contributed by atoms with Gasteiger partial charge in [0.05, 0.1) is 11.7 Å². The van der Waals surface area contributed by atoms with Crippen molar-refractivity contribution in [1.82, 2.24) is 0 Å². The van der Waals surface area contributed by atoms with Crippen molar-refractivity contribution < 1.29 is 23.9 Å². The number of hydrogen-bond acceptors (Lipinski definition) is 5. The highest BCUT2D eigenvalue weighted by atomic mass is 16.5. The quantitative estimate of drug-likeness (QED) is 0.741. The highest BCUT2D eigenvalue weighted by molar-refractivity contribution is 5.94. The number of carbonyl (C=O) groups is 3. The number of benzene rings is 2. The van der Waals surface area contributed by atoms with Crippen LogP contribution in [0.3, 0.4) is 0 Å². The average molecular weight is 356 g/mol. The summed E-state index contributed by atoms with van der Waals surface area (Å²) in [4.78, 5) is 34.7. The van der Waals surface area contributed by atoms with Gasteiger partial charge in [-0.3, -0.25) is 9.59 Å². The van der Waals surface area contributed by atoms with E-state index < -0.39 is 11.9 Å². The van der Waals surface area contributed by atoms with Gasteiger partial charge in [-0.15, -0.1) is 0 Å². The second-order valence-electron chi connectivity index (χ2n) is 5.76. The van der Waals surface area contributed by atoms with Crippen molar-refractivity contribution in [3.63, 3.8) is 0 Å². The Kier molecular flexibility index (Phi) is 6.32. The van der Waals surface area contributed by atoms with Crippen molar-refractivity contribution in [2.75, 3.05) is 11.9 Å². The molecule has 0 aliphatic carbocycles. The minimum absolute atomic E-state index is 0.198. The lowest BCUT2D eigenvalue weighted by Gasteiger charge is -2.10. The van der Waals surface area contributed by atoms with Crippen LogP contribution in [0.25, 0.3) is 0 Å². The van der Waals surface area contributed by atoms with E-state index in [9.17, 15) is 14.4 Å². The van der Waals surface area contributed by atoms with Crippen molar-refractivity contribution in [2.45, 2.75) is 20.0 Å². The van der Waals surface area contributed by atoms with E-state index in [-0.39, 0.29) is 18.6 Å². The maximum Gasteiger partial charge on any atom is 0.338 e. The zero-order valence-corrected chi connectivity index (χ0v) is 14.5. The van der Waals surface area contributed by atoms with Crippen LogP contribution in [0.15, 0.2) is 48.5 Å². The monoisotopic (exact) mass is 356 g/mol. The van der Waals surface area contributed by atoms with E-state index in [1.807, 2.05) is 0 Å². The lowest BCUT2D eigenvalue weighted by molar-refractivity contribution is -0.118. The van der Waals surface area contributed by atoms with Crippen molar-refractivity contribution in [1.29, 1.82) is 0 Å². The molecule has 2 rings (SSSR count). The Morgan fingerprint density at radius 2 is 1.54 bits per heavy atom. The molecule has 2 aromatic carbocycles. The predicted molar refractivity (Wildman–Crippen MR) is 96.1 cm³/mol. The zero-order chi connectivity index (χ0) is 19.1. The smallest absolute Gasteiger partial charge is 0.338 e. The van der Waals surface area contributed by atoms with E-state index in [1.54, 1.807) is 50.2 Å². The maximum absolute atomic E-state index is 11.9. The summed E-state index contributed by atoms with van der Waals surface area (Å²) in [6.45, 7) is 3.34. The molecule has 26 heavy (non-hydrogen) atoms. The van der Waals surface area contributed by atoms with Gasteiger partial charge in [0.2, 0.25) is 5.91 Å². The SMILES string of the molecule is CC(C)OC(=O)c1ccc(NC(=O)COc2ccc(C(N)=O)cc2)cc1. The van der Waals surface area contributed by atoms with E-state index in [2.05, 4.69) is 5.32 Å². The fraction of sp³-hybridized carbons (Fsp3) is 0.211. The van der Waals surface area contributed by atoms with Gasteiger partial charge in [-0.25, -0.2) is 4.79 Å². The first-order valence-electron chi connectivity index (χ1n) is 7.98. The van der Waals surface area contributed by atoms with Gasteiger partial charge >= 0.3 is 5.97 Å². The Bertz CT molecular complexity index is 783. The third kappa shape index (κ3) is 5.62. The summed E-state index contributed by atoms with van der Waals surface area (Å²) in [6.07, 6.45) is -0.198. The lowest BCUT2D eigenvalue weighted by Crippen LogP contribution is -2.20. The summed E-state index contributed by atoms with van der Waals surface area (Å²) >= 11 is 0. The number of hydrogen-bond donors (Lipinski definition) is 2. The molecule has 0 spiro atoms. The van der Waals surface area contributed by atoms with Gasteiger partial charge in [-0.2, -0.15) is 0 Å². The minimum atomic E-state index is -0.532. The number of ether oxygens (including phenoxy) is 2. The highest BCUT2D eigenvalue weighted by Gasteiger charge is 2.10. The largest absolute Gasteiger partial charge is 0.484 e. The number of esters is 1. The van der Waals surface area contributed by atoms with Crippen LogP contribution in [0.2, 0.25) is 0 Å². The van der Waals surface area contributed by atoms with Gasteiger partial charge in [-0.1, -0.05) is 0 Å². The highest BCUT2D eigenvalue weighted by Crippen LogP contribution is 2.13. The first-order valence-corrected chi connectivity index (χ1v) is 7.98. The van der Waals surface area contributed by atoms with Crippen LogP contribution in [0.5, 0.6) is 5.75 Å². The molecule has 2 aromatic rings. The number of anilines is 1. The Balaban J connectivity index is 1.85. The zero-order valence-electron chi connectivity index (χ0n) is 14.5. The number of rotatable bonds is 7. The van der Waals surface area contributed by atoms with Crippen molar-refractivity contribution >= 4 is 23.5 Å². The third-order valence-electron chi connectivity index (χ3n) is 3.26. The van der Waals surface area contributed by atoms with E-state index in [4.69, 9.17) is 15.2 Å². The maximum atomic E-state index is 11.9. The molecule has 0 aliphatic rings. The molecule has 136 valence electrons. The number of nitrogens with two attached hydrogens (primary N) is 1. The molecule has 0 fully saturated rings. The Morgan fingerprint density at radius 1 is 0.962 bits per heavy atom. The predicted octanol–water partition coefficient (Wildman–Crippen LogP) is 2.37. The minimum Gasteiger partial charge on any atom is -0.484 e. The summed E-state index contributed by atoms with van der Waals surface area (Å²) in [5, 5.41) is 2.66. The van der Waals surface area contributed by atoms with E-state index in [1.165, 1.54) is 12.1 Å². The molecule has 0 unspecified atom stereocenters. The van der Waals surface area contributed by atoms with Crippen LogP contribution in [-0.2, 0) is 9.53 Å². The number of primary amides is 1. The molecule has 0 radical (unpaired) electrons. The molecular weight excluding hydrogens is 336 g/mol. The van der Waals surface area contributed by atoms with Gasteiger partial charge < -0.3 is 20.5 Å². The second-order valence-corrected chi connectivity index (χ2v) is 5.76. The normalized spacial score (nSPS) is 10.3. The van der Waals surface area contributed by atoms with Crippen LogP contribution in [0.4, 0.5) is 5.69 Å². The van der Waals surface area contributed by atoms with Crippen LogP contribution < -0.4 is 15.8 Å². The number of carbonyl (C=O) groups excluding carboxylic acids is 3. The molecule has 7 heteroatoms. The van der Waals surface area contributed by atoms with Crippen molar-refractivity contribution in [2.24, 2.45) is 5.73 Å². The summed E-state index contributed by atoms with van der Waals surface area (Å²) in [5.41, 5.74) is 6.45.